The molecule has 0 aliphatic carbocycles. The molecule has 0 aromatic carbocycles. The molecule has 3 N–H and O–H groups in total. The molecule has 19 heteroatoms. The van der Waals surface area contributed by atoms with Gasteiger partial charge in [0.2, 0.25) is 0 Å². The molecule has 0 radical (unpaired) electrons. The van der Waals surface area contributed by atoms with Gasteiger partial charge in [0.05, 0.1) is 26.4 Å². The van der Waals surface area contributed by atoms with Gasteiger partial charge in [-0.05, 0) is 122 Å². The summed E-state index contributed by atoms with van der Waals surface area (Å²) in [5.74, 6) is -2.23. The van der Waals surface area contributed by atoms with Crippen LogP contribution < -0.4 is 0 Å². The third-order valence-corrected chi connectivity index (χ3v) is 17.1. The number of carbonyl (C=O) groups is 4. The molecule has 0 rings (SSSR count). The minimum atomic E-state index is -4.98. The van der Waals surface area contributed by atoms with Gasteiger partial charge in [-0.15, -0.1) is 0 Å². The number of ether oxygens (including phenoxy) is 4. The average Bonchev–Trinajstić information content (AvgIpc) is 1.15. The number of rotatable bonds is 69. The summed E-state index contributed by atoms with van der Waals surface area (Å²) in [5, 5.41) is 10.6. The van der Waals surface area contributed by atoms with Gasteiger partial charge >= 0.3 is 39.5 Å². The fourth-order valence-corrected chi connectivity index (χ4v) is 11.2. The quantitative estimate of drug-likeness (QED) is 0.0169. The Kier molecular flexibility index (Phi) is 66.1. The van der Waals surface area contributed by atoms with Crippen LogP contribution in [0.15, 0.2) is 109 Å². The lowest BCUT2D eigenvalue weighted by atomic mass is 10.1. The van der Waals surface area contributed by atoms with E-state index in [1.165, 1.54) is 51.4 Å². The molecule has 0 heterocycles. The minimum Gasteiger partial charge on any atom is -0.462 e. The maximum Gasteiger partial charge on any atom is 0.472 e. The molecule has 0 spiro atoms. The molecule has 0 aromatic rings. The van der Waals surface area contributed by atoms with Gasteiger partial charge in [0.1, 0.15) is 19.3 Å². The van der Waals surface area contributed by atoms with Crippen LogP contribution >= 0.6 is 15.6 Å². The largest absolute Gasteiger partial charge is 0.472 e. The van der Waals surface area contributed by atoms with Crippen LogP contribution in [0, 0.1) is 0 Å². The Balaban J connectivity index is 5.32. The molecule has 0 aromatic heterocycles. The van der Waals surface area contributed by atoms with E-state index in [4.69, 9.17) is 37.0 Å². The normalized spacial score (nSPS) is 14.6. The first-order valence-electron chi connectivity index (χ1n) is 37.1. The van der Waals surface area contributed by atoms with E-state index in [-0.39, 0.29) is 25.7 Å². The number of hydrogen-bond donors (Lipinski definition) is 3. The molecule has 17 nitrogen and oxygen atoms in total. The molecule has 0 aliphatic rings. The second kappa shape index (κ2) is 69.2. The van der Waals surface area contributed by atoms with Crippen LogP contribution in [0.2, 0.25) is 0 Å². The zero-order chi connectivity index (χ0) is 70.4. The molecule has 5 atom stereocenters. The van der Waals surface area contributed by atoms with Gasteiger partial charge in [-0.25, -0.2) is 9.13 Å². The number of phosphoric acid groups is 2. The van der Waals surface area contributed by atoms with E-state index in [1.54, 1.807) is 0 Å². The Hall–Kier alpha value is -4.28. The summed E-state index contributed by atoms with van der Waals surface area (Å²) in [4.78, 5) is 72.7. The zero-order valence-corrected chi connectivity index (χ0v) is 61.8. The highest BCUT2D eigenvalue weighted by molar-refractivity contribution is 7.47. The summed E-state index contributed by atoms with van der Waals surface area (Å²) in [6, 6.07) is 0. The molecular weight excluding hydrogens is 1260 g/mol. The number of esters is 4. The molecule has 0 fully saturated rings. The number of unbranched alkanes of at least 4 members (excludes halogenated alkanes) is 25. The van der Waals surface area contributed by atoms with E-state index in [0.29, 0.717) is 25.7 Å². The van der Waals surface area contributed by atoms with Gasteiger partial charge in [0, 0.05) is 25.7 Å². The van der Waals surface area contributed by atoms with Crippen LogP contribution in [0.25, 0.3) is 0 Å². The summed E-state index contributed by atoms with van der Waals surface area (Å²) >= 11 is 0. The molecule has 0 bridgehead atoms. The van der Waals surface area contributed by atoms with Crippen LogP contribution in [0.4, 0.5) is 0 Å². The standard InChI is InChI=1S/C77H132O17P2/c1-5-9-13-17-21-25-29-31-33-34-35-36-38-40-44-46-50-54-58-62-75(80)88-68-73(94-77(82)64-60-56-52-48-42-28-24-20-16-12-8-4)70-92-96(85,86)90-66-71(78)65-89-95(83,84)91-69-72(93-76(81)63-59-55-51-47-41-27-23-19-15-11-7-3)67-87-74(79)61-57-53-49-45-43-39-37-32-30-26-22-18-14-10-6-2/h9-10,13-14,19,21-23,25-26,31-33,35-37,40,44,71-73,78H,5-8,11-12,15-18,20,24,27-30,34,38-39,41-43,45-70H2,1-4H3,(H,83,84)(H,85,86)/b13-9-,14-10-,23-19-,25-21-,26-22-,33-31-,36-35-,37-32-,44-40-. The van der Waals surface area contributed by atoms with Crippen molar-refractivity contribution in [2.24, 2.45) is 0 Å². The first kappa shape index (κ1) is 91.7. The smallest absolute Gasteiger partial charge is 0.462 e. The van der Waals surface area contributed by atoms with E-state index >= 15 is 0 Å². The molecule has 552 valence electrons. The van der Waals surface area contributed by atoms with Crippen molar-refractivity contribution in [2.45, 2.75) is 316 Å². The highest BCUT2D eigenvalue weighted by Gasteiger charge is 2.30. The number of hydrogen-bond acceptors (Lipinski definition) is 15. The molecule has 96 heavy (non-hydrogen) atoms. The van der Waals surface area contributed by atoms with Crippen molar-refractivity contribution < 1.29 is 80.2 Å². The van der Waals surface area contributed by atoms with Crippen molar-refractivity contribution in [1.82, 2.24) is 0 Å². The van der Waals surface area contributed by atoms with E-state index in [9.17, 15) is 43.2 Å². The number of phosphoric ester groups is 2. The number of allylic oxidation sites excluding steroid dienone is 18. The second-order valence-corrected chi connectivity index (χ2v) is 27.4. The van der Waals surface area contributed by atoms with Crippen molar-refractivity contribution >= 4 is 39.5 Å². The Bertz CT molecular complexity index is 2250. The summed E-state index contributed by atoms with van der Waals surface area (Å²) in [7, 11) is -9.95. The highest BCUT2D eigenvalue weighted by atomic mass is 31.2. The number of aliphatic hydroxyl groups excluding tert-OH is 1. The SMILES string of the molecule is CC/C=C\C/C=C\C/C=C\C/C=C\C/C=C\CCCCCC(=O)OCC(COP(=O)(O)OCC(O)COP(=O)(O)OCC(COC(=O)CCCCCCC/C=C\C/C=C\C/C=C\CC)OC(=O)CCCCCCC/C=C\CCCC)OC(=O)CCCCCCCCCCCCC. The Morgan fingerprint density at radius 2 is 0.552 bits per heavy atom. The van der Waals surface area contributed by atoms with Gasteiger partial charge in [0.15, 0.2) is 12.2 Å². The van der Waals surface area contributed by atoms with Gasteiger partial charge in [-0.3, -0.25) is 37.3 Å². The van der Waals surface area contributed by atoms with Crippen molar-refractivity contribution in [1.29, 1.82) is 0 Å². The van der Waals surface area contributed by atoms with Crippen LogP contribution in [0.5, 0.6) is 0 Å². The maximum absolute atomic E-state index is 13.0. The van der Waals surface area contributed by atoms with Gasteiger partial charge in [-0.1, -0.05) is 259 Å². The average molecular weight is 1390 g/mol. The Morgan fingerprint density at radius 3 is 0.885 bits per heavy atom. The van der Waals surface area contributed by atoms with E-state index in [1.807, 2.05) is 0 Å². The summed E-state index contributed by atoms with van der Waals surface area (Å²) < 4.78 is 68.3. The third-order valence-electron chi connectivity index (χ3n) is 15.2. The maximum atomic E-state index is 13.0. The molecule has 0 saturated heterocycles. The first-order valence-corrected chi connectivity index (χ1v) is 40.1. The fourth-order valence-electron chi connectivity index (χ4n) is 9.59. The van der Waals surface area contributed by atoms with E-state index < -0.39 is 97.5 Å². The lowest BCUT2D eigenvalue weighted by molar-refractivity contribution is -0.161. The molecule has 0 aliphatic heterocycles. The van der Waals surface area contributed by atoms with Crippen LogP contribution in [-0.4, -0.2) is 96.7 Å². The molecule has 0 saturated carbocycles. The third kappa shape index (κ3) is 68.3. The van der Waals surface area contributed by atoms with E-state index in [2.05, 4.69) is 137 Å². The van der Waals surface area contributed by atoms with Crippen LogP contribution in [0.3, 0.4) is 0 Å². The summed E-state index contributed by atoms with van der Waals surface area (Å²) in [6.45, 7) is 4.53. The zero-order valence-electron chi connectivity index (χ0n) is 60.0. The lowest BCUT2D eigenvalue weighted by Crippen LogP contribution is -2.30. The van der Waals surface area contributed by atoms with Crippen molar-refractivity contribution in [3.05, 3.63) is 109 Å². The van der Waals surface area contributed by atoms with Crippen molar-refractivity contribution in [3.63, 3.8) is 0 Å². The minimum absolute atomic E-state index is 0.0795. The van der Waals surface area contributed by atoms with Crippen LogP contribution in [0.1, 0.15) is 297 Å². The summed E-state index contributed by atoms with van der Waals surface area (Å²) in [6.07, 6.45) is 72.4. The van der Waals surface area contributed by atoms with Gasteiger partial charge in [-0.2, -0.15) is 0 Å². The monoisotopic (exact) mass is 1390 g/mol. The predicted molar refractivity (Wildman–Crippen MR) is 390 cm³/mol. The van der Waals surface area contributed by atoms with Crippen molar-refractivity contribution in [3.8, 4) is 0 Å². The number of aliphatic hydroxyl groups is 1. The first-order chi connectivity index (χ1) is 46.7. The Morgan fingerprint density at radius 1 is 0.302 bits per heavy atom. The molecular formula is C77H132O17P2. The fraction of sp³-hybridized carbons (Fsp3) is 0.714. The molecule has 0 amide bonds. The van der Waals surface area contributed by atoms with Gasteiger partial charge in [0.25, 0.3) is 0 Å². The van der Waals surface area contributed by atoms with Crippen molar-refractivity contribution in [2.75, 3.05) is 39.6 Å². The number of carbonyl (C=O) groups excluding carboxylic acids is 4. The summed E-state index contributed by atoms with van der Waals surface area (Å²) in [5.41, 5.74) is 0. The van der Waals surface area contributed by atoms with E-state index in [0.717, 1.165) is 167 Å². The highest BCUT2D eigenvalue weighted by Crippen LogP contribution is 2.45. The Labute approximate surface area is 581 Å². The topological polar surface area (TPSA) is 237 Å². The lowest BCUT2D eigenvalue weighted by Gasteiger charge is -2.21. The predicted octanol–water partition coefficient (Wildman–Crippen LogP) is 21.0. The second-order valence-electron chi connectivity index (χ2n) is 24.5. The molecule has 5 unspecified atom stereocenters. The van der Waals surface area contributed by atoms with Crippen LogP contribution in [-0.2, 0) is 65.4 Å². The van der Waals surface area contributed by atoms with Gasteiger partial charge < -0.3 is 33.8 Å².